The summed E-state index contributed by atoms with van der Waals surface area (Å²) < 4.78 is 21.7. The van der Waals surface area contributed by atoms with Crippen LogP contribution in [0.3, 0.4) is 0 Å². The Balaban J connectivity index is 2.14. The molecule has 0 fully saturated rings. The van der Waals surface area contributed by atoms with Gasteiger partial charge in [-0.1, -0.05) is 51.3 Å². The number of hydrogen-bond donors (Lipinski definition) is 2. The maximum atomic E-state index is 11.8. The Morgan fingerprint density at radius 1 is 0.703 bits per heavy atom. The van der Waals surface area contributed by atoms with E-state index in [9.17, 15) is 19.8 Å². The van der Waals surface area contributed by atoms with E-state index in [1.165, 1.54) is 27.7 Å². The van der Waals surface area contributed by atoms with Crippen molar-refractivity contribution >= 4 is 11.9 Å². The molecule has 4 unspecified atom stereocenters. The Labute approximate surface area is 218 Å². The van der Waals surface area contributed by atoms with E-state index < -0.39 is 42.1 Å². The lowest BCUT2D eigenvalue weighted by molar-refractivity contribution is -0.174. The zero-order chi connectivity index (χ0) is 27.9. The molecular formula is C29H36O8. The van der Waals surface area contributed by atoms with E-state index in [1.54, 1.807) is 24.3 Å². The number of benzene rings is 2. The van der Waals surface area contributed by atoms with E-state index in [2.05, 4.69) is 27.0 Å². The summed E-state index contributed by atoms with van der Waals surface area (Å²) >= 11 is 0. The molecule has 0 amide bonds. The third-order valence-corrected chi connectivity index (χ3v) is 5.59. The highest BCUT2D eigenvalue weighted by atomic mass is 16.7. The molecule has 0 radical (unpaired) electrons. The summed E-state index contributed by atoms with van der Waals surface area (Å²) in [5.74, 6) is -0.441. The molecule has 0 bridgehead atoms. The van der Waals surface area contributed by atoms with Crippen molar-refractivity contribution in [2.24, 2.45) is 0 Å². The number of aliphatic hydroxyl groups is 2. The first-order chi connectivity index (χ1) is 17.2. The van der Waals surface area contributed by atoms with Gasteiger partial charge in [0.05, 0.1) is 0 Å². The minimum atomic E-state index is -1.17. The van der Waals surface area contributed by atoms with Gasteiger partial charge in [-0.05, 0) is 63.1 Å². The zero-order valence-electron chi connectivity index (χ0n) is 22.2. The smallest absolute Gasteiger partial charge is 0.336 e. The fourth-order valence-corrected chi connectivity index (χ4v) is 3.19. The lowest BCUT2D eigenvalue weighted by atomic mass is 9.78. The summed E-state index contributed by atoms with van der Waals surface area (Å²) in [4.78, 5) is 23.6. The van der Waals surface area contributed by atoms with Crippen LogP contribution in [0.1, 0.15) is 52.7 Å². The van der Waals surface area contributed by atoms with Crippen LogP contribution in [0.5, 0.6) is 11.5 Å². The molecule has 0 saturated carbocycles. The fourth-order valence-electron chi connectivity index (χ4n) is 3.19. The van der Waals surface area contributed by atoms with Crippen molar-refractivity contribution in [1.29, 1.82) is 0 Å². The van der Waals surface area contributed by atoms with Gasteiger partial charge < -0.3 is 29.2 Å². The molecule has 2 aromatic carbocycles. The van der Waals surface area contributed by atoms with Gasteiger partial charge in [-0.25, -0.2) is 9.59 Å². The van der Waals surface area contributed by atoms with Crippen LogP contribution in [-0.4, -0.2) is 46.9 Å². The van der Waals surface area contributed by atoms with Crippen molar-refractivity contribution < 1.29 is 38.7 Å². The SMILES string of the molecule is C=C(C)C(=O)OC(Oc1ccc(C(C)(C)c2ccc(OC(OC(=O)C(=C)C)C(C)O)cc2)cc1)C(C)O. The topological polar surface area (TPSA) is 112 Å². The van der Waals surface area contributed by atoms with E-state index in [4.69, 9.17) is 18.9 Å². The van der Waals surface area contributed by atoms with Crippen LogP contribution in [0, 0.1) is 0 Å². The van der Waals surface area contributed by atoms with E-state index >= 15 is 0 Å². The van der Waals surface area contributed by atoms with Crippen molar-refractivity contribution in [2.75, 3.05) is 0 Å². The monoisotopic (exact) mass is 512 g/mol. The predicted molar refractivity (Wildman–Crippen MR) is 139 cm³/mol. The zero-order valence-corrected chi connectivity index (χ0v) is 22.2. The van der Waals surface area contributed by atoms with Crippen molar-refractivity contribution in [3.8, 4) is 11.5 Å². The van der Waals surface area contributed by atoms with Gasteiger partial charge in [0.25, 0.3) is 12.6 Å². The van der Waals surface area contributed by atoms with Gasteiger partial charge in [0.15, 0.2) is 0 Å². The Morgan fingerprint density at radius 2 is 1.00 bits per heavy atom. The first-order valence-corrected chi connectivity index (χ1v) is 11.9. The van der Waals surface area contributed by atoms with Crippen LogP contribution in [0.4, 0.5) is 0 Å². The Kier molecular flexibility index (Phi) is 10.1. The second kappa shape index (κ2) is 12.6. The largest absolute Gasteiger partial charge is 0.452 e. The van der Waals surface area contributed by atoms with E-state index in [-0.39, 0.29) is 11.1 Å². The third kappa shape index (κ3) is 8.20. The molecule has 37 heavy (non-hydrogen) atoms. The summed E-state index contributed by atoms with van der Waals surface area (Å²) in [7, 11) is 0. The summed E-state index contributed by atoms with van der Waals surface area (Å²) in [5.41, 5.74) is 1.98. The van der Waals surface area contributed by atoms with Crippen molar-refractivity contribution in [1.82, 2.24) is 0 Å². The number of ether oxygens (including phenoxy) is 4. The van der Waals surface area contributed by atoms with Gasteiger partial charge in [0, 0.05) is 16.6 Å². The average Bonchev–Trinajstić information content (AvgIpc) is 2.83. The molecule has 0 aliphatic heterocycles. The number of hydrogen-bond acceptors (Lipinski definition) is 8. The molecule has 8 heteroatoms. The first kappa shape index (κ1) is 29.6. The molecular weight excluding hydrogens is 476 g/mol. The Bertz CT molecular complexity index is 1010. The summed E-state index contributed by atoms with van der Waals surface area (Å²) in [6.45, 7) is 17.1. The fraction of sp³-hybridized carbons (Fsp3) is 0.379. The van der Waals surface area contributed by atoms with Crippen molar-refractivity contribution in [3.05, 3.63) is 84.0 Å². The minimum Gasteiger partial charge on any atom is -0.452 e. The standard InChI is InChI=1S/C29H36O8/c1-17(2)25(32)36-27(19(5)30)34-23-13-9-21(10-14-23)29(7,8)22-11-15-24(16-12-22)35-28(20(6)31)37-26(33)18(3)4/h9-16,19-20,27-28,30-31H,1,3H2,2,4-8H3. The molecule has 2 aromatic rings. The number of aliphatic hydroxyl groups excluding tert-OH is 2. The number of carbonyl (C=O) groups is 2. The summed E-state index contributed by atoms with van der Waals surface area (Å²) in [5, 5.41) is 19.9. The molecule has 0 aliphatic rings. The van der Waals surface area contributed by atoms with E-state index in [1.807, 2.05) is 24.3 Å². The van der Waals surface area contributed by atoms with Crippen LogP contribution in [0.2, 0.25) is 0 Å². The highest BCUT2D eigenvalue weighted by Crippen LogP contribution is 2.34. The Morgan fingerprint density at radius 3 is 1.24 bits per heavy atom. The van der Waals surface area contributed by atoms with Gasteiger partial charge in [0.1, 0.15) is 23.7 Å². The molecule has 4 atom stereocenters. The number of rotatable bonds is 12. The number of esters is 2. The molecule has 0 aromatic heterocycles. The van der Waals surface area contributed by atoms with E-state index in [0.717, 1.165) is 11.1 Å². The molecule has 0 heterocycles. The summed E-state index contributed by atoms with van der Waals surface area (Å²) in [6, 6.07) is 14.5. The molecule has 8 nitrogen and oxygen atoms in total. The van der Waals surface area contributed by atoms with Gasteiger partial charge in [0.2, 0.25) is 0 Å². The minimum absolute atomic E-state index is 0.206. The van der Waals surface area contributed by atoms with Crippen LogP contribution in [0.25, 0.3) is 0 Å². The van der Waals surface area contributed by atoms with Crippen molar-refractivity contribution in [2.45, 2.75) is 71.7 Å². The Hall–Kier alpha value is -3.62. The molecule has 2 rings (SSSR count). The molecule has 200 valence electrons. The lowest BCUT2D eigenvalue weighted by Crippen LogP contribution is -2.34. The first-order valence-electron chi connectivity index (χ1n) is 11.9. The maximum Gasteiger partial charge on any atom is 0.336 e. The van der Waals surface area contributed by atoms with Crippen LogP contribution < -0.4 is 9.47 Å². The maximum absolute atomic E-state index is 11.8. The van der Waals surface area contributed by atoms with Crippen LogP contribution in [0.15, 0.2) is 72.8 Å². The highest BCUT2D eigenvalue weighted by molar-refractivity contribution is 5.87. The molecule has 0 aliphatic carbocycles. The second-order valence-corrected chi connectivity index (χ2v) is 9.50. The van der Waals surface area contributed by atoms with Crippen LogP contribution in [-0.2, 0) is 24.5 Å². The van der Waals surface area contributed by atoms with Crippen LogP contribution >= 0.6 is 0 Å². The van der Waals surface area contributed by atoms with Crippen molar-refractivity contribution in [3.63, 3.8) is 0 Å². The molecule has 2 N–H and O–H groups in total. The second-order valence-electron chi connectivity index (χ2n) is 9.50. The predicted octanol–water partition coefficient (Wildman–Crippen LogP) is 4.42. The normalized spacial score (nSPS) is 14.5. The quantitative estimate of drug-likeness (QED) is 0.244. The lowest BCUT2D eigenvalue weighted by Gasteiger charge is -2.27. The van der Waals surface area contributed by atoms with Gasteiger partial charge >= 0.3 is 11.9 Å². The van der Waals surface area contributed by atoms with E-state index in [0.29, 0.717) is 11.5 Å². The molecule has 0 spiro atoms. The van der Waals surface area contributed by atoms with Gasteiger partial charge in [-0.2, -0.15) is 0 Å². The average molecular weight is 513 g/mol. The van der Waals surface area contributed by atoms with Gasteiger partial charge in [-0.15, -0.1) is 0 Å². The van der Waals surface area contributed by atoms with Gasteiger partial charge in [-0.3, -0.25) is 0 Å². The highest BCUT2D eigenvalue weighted by Gasteiger charge is 2.26. The molecule has 0 saturated heterocycles. The number of carbonyl (C=O) groups excluding carboxylic acids is 2. The summed E-state index contributed by atoms with van der Waals surface area (Å²) in [6.07, 6.45) is -4.43. The third-order valence-electron chi connectivity index (χ3n) is 5.59.